The number of nitrogens with one attached hydrogen (secondary N) is 1. The molecule has 5 rings (SSSR count). The smallest absolute Gasteiger partial charge is 0.238 e. The molecule has 1 aliphatic rings. The summed E-state index contributed by atoms with van der Waals surface area (Å²) in [5.41, 5.74) is 1.05. The largest absolute Gasteiger partial charge is 0.486 e. The summed E-state index contributed by atoms with van der Waals surface area (Å²) in [6.07, 6.45) is 0. The lowest BCUT2D eigenvalue weighted by molar-refractivity contribution is 0.171. The van der Waals surface area contributed by atoms with Crippen LogP contribution in [0.15, 0.2) is 87.1 Å². The summed E-state index contributed by atoms with van der Waals surface area (Å²) >= 11 is 0. The third-order valence-corrected chi connectivity index (χ3v) is 6.46. The van der Waals surface area contributed by atoms with Crippen LogP contribution in [0.2, 0.25) is 0 Å². The van der Waals surface area contributed by atoms with Gasteiger partial charge in [-0.3, -0.25) is 0 Å². The molecule has 0 radical (unpaired) electrons. The molecule has 32 heavy (non-hydrogen) atoms. The fraction of sp³-hybridized carbons (Fsp3) is 0.0870. The van der Waals surface area contributed by atoms with Crippen LogP contribution in [-0.2, 0) is 9.84 Å². The number of anilines is 2. The van der Waals surface area contributed by atoms with Crippen LogP contribution < -0.4 is 14.8 Å². The first-order chi connectivity index (χ1) is 15.5. The van der Waals surface area contributed by atoms with E-state index in [4.69, 9.17) is 13.9 Å². The Kier molecular flexibility index (Phi) is 5.02. The third-order valence-electron chi connectivity index (χ3n) is 4.80. The minimum absolute atomic E-state index is 0.0168. The van der Waals surface area contributed by atoms with Gasteiger partial charge in [0.05, 0.1) is 4.90 Å². The average molecular weight is 452 g/mol. The van der Waals surface area contributed by atoms with E-state index in [1.54, 1.807) is 30.3 Å². The number of rotatable bonds is 5. The number of ether oxygens (including phenoxy) is 2. The third kappa shape index (κ3) is 3.78. The van der Waals surface area contributed by atoms with Crippen LogP contribution in [-0.4, -0.2) is 26.6 Å². The lowest BCUT2D eigenvalue weighted by atomic mass is 10.2. The highest BCUT2D eigenvalue weighted by molar-refractivity contribution is 7.91. The van der Waals surface area contributed by atoms with Crippen molar-refractivity contribution in [3.05, 3.63) is 78.6 Å². The van der Waals surface area contributed by atoms with E-state index in [1.807, 2.05) is 6.07 Å². The van der Waals surface area contributed by atoms with Crippen LogP contribution in [0.3, 0.4) is 0 Å². The number of benzene rings is 3. The van der Waals surface area contributed by atoms with Gasteiger partial charge in [-0.25, -0.2) is 12.8 Å². The molecule has 0 saturated heterocycles. The van der Waals surface area contributed by atoms with Crippen molar-refractivity contribution in [1.29, 1.82) is 0 Å². The normalized spacial score (nSPS) is 13.0. The van der Waals surface area contributed by atoms with Gasteiger partial charge in [0.2, 0.25) is 26.6 Å². The van der Waals surface area contributed by atoms with Crippen molar-refractivity contribution in [3.8, 4) is 23.0 Å². The Balaban J connectivity index is 1.61. The van der Waals surface area contributed by atoms with Crippen molar-refractivity contribution in [2.75, 3.05) is 18.5 Å². The van der Waals surface area contributed by atoms with Gasteiger partial charge in [0.1, 0.15) is 19.0 Å². The van der Waals surface area contributed by atoms with Gasteiger partial charge in [0, 0.05) is 17.3 Å². The van der Waals surface area contributed by atoms with Crippen molar-refractivity contribution in [2.45, 2.75) is 9.92 Å². The number of halogens is 1. The molecule has 9 heteroatoms. The highest BCUT2D eigenvalue weighted by Gasteiger charge is 2.30. The summed E-state index contributed by atoms with van der Waals surface area (Å²) in [6, 6.07) is 18.8. The number of sulfone groups is 1. The minimum Gasteiger partial charge on any atom is -0.486 e. The van der Waals surface area contributed by atoms with E-state index in [0.29, 0.717) is 36.0 Å². The number of hydrogen-bond acceptors (Lipinski definition) is 7. The Hall–Kier alpha value is -3.85. The van der Waals surface area contributed by atoms with E-state index in [-0.39, 0.29) is 21.7 Å². The Morgan fingerprint density at radius 2 is 1.59 bits per heavy atom. The molecule has 2 heterocycles. The van der Waals surface area contributed by atoms with Crippen LogP contribution in [0.4, 0.5) is 16.0 Å². The maximum Gasteiger partial charge on any atom is 0.238 e. The molecular weight excluding hydrogens is 435 g/mol. The van der Waals surface area contributed by atoms with E-state index in [1.165, 1.54) is 36.4 Å². The summed E-state index contributed by atoms with van der Waals surface area (Å²) in [7, 11) is -4.10. The van der Waals surface area contributed by atoms with Crippen LogP contribution in [0.25, 0.3) is 11.5 Å². The molecule has 3 aromatic carbocycles. The molecule has 0 unspecified atom stereocenters. The highest BCUT2D eigenvalue weighted by atomic mass is 32.2. The second-order valence-electron chi connectivity index (χ2n) is 6.96. The minimum atomic E-state index is -4.10. The van der Waals surface area contributed by atoms with E-state index in [2.05, 4.69) is 10.3 Å². The Bertz CT molecular complexity index is 1370. The molecule has 162 valence electrons. The summed E-state index contributed by atoms with van der Waals surface area (Å²) in [6.45, 7) is 0.727. The summed E-state index contributed by atoms with van der Waals surface area (Å²) in [5, 5.41) is 2.68. The number of fused-ring (bicyclic) bond motifs is 1. The second-order valence-corrected chi connectivity index (χ2v) is 8.83. The van der Waals surface area contributed by atoms with Gasteiger partial charge in [-0.05, 0) is 48.5 Å². The molecule has 0 aliphatic carbocycles. The highest BCUT2D eigenvalue weighted by Crippen LogP contribution is 2.37. The first-order valence-corrected chi connectivity index (χ1v) is 11.2. The fourth-order valence-electron chi connectivity index (χ4n) is 3.24. The number of aromatic nitrogens is 1. The van der Waals surface area contributed by atoms with Crippen LogP contribution >= 0.6 is 0 Å². The fourth-order valence-corrected chi connectivity index (χ4v) is 4.51. The number of para-hydroxylation sites is 1. The molecule has 4 aromatic rings. The first kappa shape index (κ1) is 20.1. The molecule has 0 fully saturated rings. The van der Waals surface area contributed by atoms with Gasteiger partial charge in [0.15, 0.2) is 11.5 Å². The van der Waals surface area contributed by atoms with Crippen LogP contribution in [0.1, 0.15) is 0 Å². The topological polar surface area (TPSA) is 90.7 Å². The quantitative estimate of drug-likeness (QED) is 0.464. The number of hydrogen-bond donors (Lipinski definition) is 1. The standard InChI is InChI=1S/C23H17FN2O5S/c24-16-8-6-15(7-9-16)21-26-23(22(31-21)25-17-4-2-1-3-5-17)32(27,28)18-10-11-19-20(14-18)30-13-12-29-19/h1-11,14,25H,12-13H2. The van der Waals surface area contributed by atoms with E-state index in [0.717, 1.165) is 0 Å². The predicted molar refractivity (Wildman–Crippen MR) is 115 cm³/mol. The zero-order chi connectivity index (χ0) is 22.1. The number of oxazole rings is 1. The van der Waals surface area contributed by atoms with Gasteiger partial charge >= 0.3 is 0 Å². The molecule has 1 aromatic heterocycles. The van der Waals surface area contributed by atoms with Gasteiger partial charge in [-0.15, -0.1) is 0 Å². The zero-order valence-corrected chi connectivity index (χ0v) is 17.4. The van der Waals surface area contributed by atoms with Crippen molar-refractivity contribution in [2.24, 2.45) is 0 Å². The Labute approximate surface area is 183 Å². The van der Waals surface area contributed by atoms with Crippen LogP contribution in [0, 0.1) is 5.82 Å². The molecule has 1 aliphatic heterocycles. The lowest BCUT2D eigenvalue weighted by Gasteiger charge is -2.18. The van der Waals surface area contributed by atoms with Gasteiger partial charge in [-0.2, -0.15) is 4.98 Å². The maximum atomic E-state index is 13.5. The van der Waals surface area contributed by atoms with E-state index in [9.17, 15) is 12.8 Å². The van der Waals surface area contributed by atoms with E-state index < -0.39 is 15.7 Å². The molecule has 0 saturated carbocycles. The molecule has 0 amide bonds. The summed E-state index contributed by atoms with van der Waals surface area (Å²) in [4.78, 5) is 4.24. The summed E-state index contributed by atoms with van der Waals surface area (Å²) in [5.74, 6) is 0.388. The molecule has 0 bridgehead atoms. The monoisotopic (exact) mass is 452 g/mol. The maximum absolute atomic E-state index is 13.5. The van der Waals surface area contributed by atoms with Crippen molar-refractivity contribution in [3.63, 3.8) is 0 Å². The van der Waals surface area contributed by atoms with Crippen LogP contribution in [0.5, 0.6) is 11.5 Å². The van der Waals surface area contributed by atoms with Crippen molar-refractivity contribution in [1.82, 2.24) is 4.98 Å². The average Bonchev–Trinajstić information content (AvgIpc) is 3.24. The predicted octanol–water partition coefficient (Wildman–Crippen LogP) is 4.83. The molecule has 7 nitrogen and oxygen atoms in total. The molecule has 1 N–H and O–H groups in total. The second kappa shape index (κ2) is 8.01. The zero-order valence-electron chi connectivity index (χ0n) is 16.6. The Morgan fingerprint density at radius 3 is 2.34 bits per heavy atom. The van der Waals surface area contributed by atoms with Gasteiger partial charge < -0.3 is 19.2 Å². The summed E-state index contributed by atoms with van der Waals surface area (Å²) < 4.78 is 57.1. The SMILES string of the molecule is O=S(=O)(c1ccc2c(c1)OCCO2)c1nc(-c2ccc(F)cc2)oc1Nc1ccccc1. The van der Waals surface area contributed by atoms with Crippen molar-refractivity contribution < 1.29 is 26.7 Å². The molecular formula is C23H17FN2O5S. The first-order valence-electron chi connectivity index (χ1n) is 9.74. The molecule has 0 atom stereocenters. The lowest BCUT2D eigenvalue weighted by Crippen LogP contribution is -2.16. The Morgan fingerprint density at radius 1 is 0.875 bits per heavy atom. The van der Waals surface area contributed by atoms with Gasteiger partial charge in [-0.1, -0.05) is 18.2 Å². The molecule has 0 spiro atoms. The van der Waals surface area contributed by atoms with E-state index >= 15 is 0 Å². The number of nitrogens with zero attached hydrogens (tertiary/aromatic N) is 1. The van der Waals surface area contributed by atoms with Crippen molar-refractivity contribution >= 4 is 21.4 Å². The van der Waals surface area contributed by atoms with Gasteiger partial charge in [0.25, 0.3) is 0 Å².